The number of anilines is 1. The van der Waals surface area contributed by atoms with Crippen LogP contribution in [0.4, 0.5) is 5.69 Å². The van der Waals surface area contributed by atoms with Gasteiger partial charge in [-0.3, -0.25) is 14.5 Å². The topological polar surface area (TPSA) is 46.6 Å². The summed E-state index contributed by atoms with van der Waals surface area (Å²) in [4.78, 5) is 25.4. The van der Waals surface area contributed by atoms with Crippen molar-refractivity contribution in [3.8, 4) is 0 Å². The minimum atomic E-state index is -0.460. The summed E-state index contributed by atoms with van der Waals surface area (Å²) in [6, 6.07) is 17.9. The van der Waals surface area contributed by atoms with Crippen molar-refractivity contribution < 1.29 is 14.3 Å². The first kappa shape index (κ1) is 13.8. The van der Waals surface area contributed by atoms with Gasteiger partial charge in [-0.25, -0.2) is 0 Å². The average molecular weight is 269 g/mol. The molecule has 0 aliphatic rings. The second-order valence-electron chi connectivity index (χ2n) is 4.17. The fourth-order valence-electron chi connectivity index (χ4n) is 1.82. The Morgan fingerprint density at radius 2 is 1.50 bits per heavy atom. The average Bonchev–Trinajstić information content (AvgIpc) is 2.53. The maximum absolute atomic E-state index is 12.5. The van der Waals surface area contributed by atoms with Gasteiger partial charge < -0.3 is 4.74 Å². The van der Waals surface area contributed by atoms with Gasteiger partial charge in [0.15, 0.2) is 0 Å². The summed E-state index contributed by atoms with van der Waals surface area (Å²) in [5.74, 6) is -0.694. The zero-order valence-corrected chi connectivity index (χ0v) is 11.2. The molecule has 0 fully saturated rings. The van der Waals surface area contributed by atoms with E-state index in [-0.39, 0.29) is 12.5 Å². The highest BCUT2D eigenvalue weighted by molar-refractivity contribution is 6.08. The lowest BCUT2D eigenvalue weighted by Crippen LogP contribution is -2.36. The van der Waals surface area contributed by atoms with Gasteiger partial charge >= 0.3 is 5.97 Å². The van der Waals surface area contributed by atoms with Crippen LogP contribution >= 0.6 is 0 Å². The third-order valence-corrected chi connectivity index (χ3v) is 2.85. The molecular formula is C16H15NO3. The molecule has 4 nitrogen and oxygen atoms in total. The van der Waals surface area contributed by atoms with E-state index >= 15 is 0 Å². The standard InChI is InChI=1S/C16H15NO3/c1-20-15(18)12-17(14-10-6-3-7-11-14)16(19)13-8-4-2-5-9-13/h2-11H,12H2,1H3. The minimum Gasteiger partial charge on any atom is -0.468 e. The van der Waals surface area contributed by atoms with Gasteiger partial charge in [-0.05, 0) is 24.3 Å². The summed E-state index contributed by atoms with van der Waals surface area (Å²) < 4.78 is 4.66. The Hall–Kier alpha value is -2.62. The van der Waals surface area contributed by atoms with Crippen molar-refractivity contribution in [2.45, 2.75) is 0 Å². The monoisotopic (exact) mass is 269 g/mol. The van der Waals surface area contributed by atoms with Gasteiger partial charge in [0.1, 0.15) is 6.54 Å². The van der Waals surface area contributed by atoms with Crippen LogP contribution in [-0.4, -0.2) is 25.5 Å². The van der Waals surface area contributed by atoms with Crippen molar-refractivity contribution in [2.24, 2.45) is 0 Å². The van der Waals surface area contributed by atoms with E-state index in [1.54, 1.807) is 36.4 Å². The Balaban J connectivity index is 2.32. The lowest BCUT2D eigenvalue weighted by molar-refractivity contribution is -0.138. The Morgan fingerprint density at radius 1 is 0.950 bits per heavy atom. The van der Waals surface area contributed by atoms with Gasteiger partial charge in [0, 0.05) is 11.3 Å². The van der Waals surface area contributed by atoms with Crippen LogP contribution in [0.25, 0.3) is 0 Å². The number of carbonyl (C=O) groups excluding carboxylic acids is 2. The second-order valence-corrected chi connectivity index (χ2v) is 4.17. The maximum atomic E-state index is 12.5. The van der Waals surface area contributed by atoms with E-state index < -0.39 is 5.97 Å². The molecule has 0 N–H and O–H groups in total. The smallest absolute Gasteiger partial charge is 0.325 e. The Labute approximate surface area is 117 Å². The van der Waals surface area contributed by atoms with Crippen molar-refractivity contribution >= 4 is 17.6 Å². The number of nitrogens with zero attached hydrogens (tertiary/aromatic N) is 1. The molecule has 102 valence electrons. The summed E-state index contributed by atoms with van der Waals surface area (Å²) in [5, 5.41) is 0. The van der Waals surface area contributed by atoms with Crippen LogP contribution in [0.15, 0.2) is 60.7 Å². The summed E-state index contributed by atoms with van der Waals surface area (Å²) in [6.07, 6.45) is 0. The number of carbonyl (C=O) groups is 2. The molecule has 0 radical (unpaired) electrons. The van der Waals surface area contributed by atoms with Crippen LogP contribution in [0.3, 0.4) is 0 Å². The van der Waals surface area contributed by atoms with Crippen LogP contribution in [-0.2, 0) is 9.53 Å². The molecule has 1 amide bonds. The van der Waals surface area contributed by atoms with Crippen molar-refractivity contribution in [2.75, 3.05) is 18.6 Å². The van der Waals surface area contributed by atoms with Gasteiger partial charge in [0.2, 0.25) is 0 Å². The number of methoxy groups -OCH3 is 1. The van der Waals surface area contributed by atoms with Crippen LogP contribution in [0.5, 0.6) is 0 Å². The molecule has 20 heavy (non-hydrogen) atoms. The number of rotatable bonds is 4. The second kappa shape index (κ2) is 6.52. The Morgan fingerprint density at radius 3 is 2.05 bits per heavy atom. The van der Waals surface area contributed by atoms with E-state index in [4.69, 9.17) is 0 Å². The molecular weight excluding hydrogens is 254 g/mol. The van der Waals surface area contributed by atoms with Crippen LogP contribution in [0.2, 0.25) is 0 Å². The summed E-state index contributed by atoms with van der Waals surface area (Å²) >= 11 is 0. The molecule has 2 aromatic carbocycles. The number of esters is 1. The molecule has 0 aliphatic heterocycles. The van der Waals surface area contributed by atoms with E-state index in [0.717, 1.165) is 0 Å². The third kappa shape index (κ3) is 3.23. The lowest BCUT2D eigenvalue weighted by Gasteiger charge is -2.21. The zero-order valence-electron chi connectivity index (χ0n) is 11.2. The Bertz CT molecular complexity index is 581. The normalized spacial score (nSPS) is 9.85. The van der Waals surface area contributed by atoms with Gasteiger partial charge in [-0.1, -0.05) is 36.4 Å². The molecule has 0 saturated carbocycles. The number of amides is 1. The summed E-state index contributed by atoms with van der Waals surface area (Å²) in [6.45, 7) is -0.117. The van der Waals surface area contributed by atoms with Crippen LogP contribution < -0.4 is 4.90 Å². The third-order valence-electron chi connectivity index (χ3n) is 2.85. The van der Waals surface area contributed by atoms with Gasteiger partial charge in [-0.15, -0.1) is 0 Å². The number of hydrogen-bond donors (Lipinski definition) is 0. The molecule has 0 atom stereocenters. The molecule has 0 unspecified atom stereocenters. The fraction of sp³-hybridized carbons (Fsp3) is 0.125. The van der Waals surface area contributed by atoms with Crippen molar-refractivity contribution in [1.82, 2.24) is 0 Å². The van der Waals surface area contributed by atoms with E-state index in [9.17, 15) is 9.59 Å². The lowest BCUT2D eigenvalue weighted by atomic mass is 10.2. The number of ether oxygens (including phenoxy) is 1. The SMILES string of the molecule is COC(=O)CN(C(=O)c1ccccc1)c1ccccc1. The van der Waals surface area contributed by atoms with E-state index in [2.05, 4.69) is 4.74 Å². The predicted molar refractivity (Wildman–Crippen MR) is 76.6 cm³/mol. The number of hydrogen-bond acceptors (Lipinski definition) is 3. The summed E-state index contributed by atoms with van der Waals surface area (Å²) in [5.41, 5.74) is 1.19. The zero-order chi connectivity index (χ0) is 14.4. The summed E-state index contributed by atoms with van der Waals surface area (Å²) in [7, 11) is 1.30. The molecule has 0 spiro atoms. The molecule has 2 aromatic rings. The van der Waals surface area contributed by atoms with E-state index in [1.165, 1.54) is 12.0 Å². The largest absolute Gasteiger partial charge is 0.468 e. The highest BCUT2D eigenvalue weighted by Crippen LogP contribution is 2.16. The molecule has 4 heteroatoms. The highest BCUT2D eigenvalue weighted by atomic mass is 16.5. The molecule has 0 heterocycles. The highest BCUT2D eigenvalue weighted by Gasteiger charge is 2.20. The quantitative estimate of drug-likeness (QED) is 0.801. The molecule has 0 bridgehead atoms. The number of benzene rings is 2. The first-order valence-electron chi connectivity index (χ1n) is 6.21. The van der Waals surface area contributed by atoms with Crippen molar-refractivity contribution in [3.05, 3.63) is 66.2 Å². The van der Waals surface area contributed by atoms with E-state index in [0.29, 0.717) is 11.3 Å². The van der Waals surface area contributed by atoms with Crippen molar-refractivity contribution in [3.63, 3.8) is 0 Å². The molecule has 0 aromatic heterocycles. The first-order chi connectivity index (χ1) is 9.72. The molecule has 2 rings (SSSR count). The Kier molecular flexibility index (Phi) is 4.50. The predicted octanol–water partition coefficient (Wildman–Crippen LogP) is 2.51. The van der Waals surface area contributed by atoms with Crippen molar-refractivity contribution in [1.29, 1.82) is 0 Å². The molecule has 0 aliphatic carbocycles. The number of para-hydroxylation sites is 1. The van der Waals surface area contributed by atoms with Crippen LogP contribution in [0.1, 0.15) is 10.4 Å². The van der Waals surface area contributed by atoms with Crippen LogP contribution in [0, 0.1) is 0 Å². The maximum Gasteiger partial charge on any atom is 0.325 e. The first-order valence-corrected chi connectivity index (χ1v) is 6.21. The molecule has 0 saturated heterocycles. The van der Waals surface area contributed by atoms with Gasteiger partial charge in [0.25, 0.3) is 5.91 Å². The minimum absolute atomic E-state index is 0.117. The fourth-order valence-corrected chi connectivity index (χ4v) is 1.82. The van der Waals surface area contributed by atoms with Gasteiger partial charge in [-0.2, -0.15) is 0 Å². The van der Waals surface area contributed by atoms with Gasteiger partial charge in [0.05, 0.1) is 7.11 Å². The van der Waals surface area contributed by atoms with E-state index in [1.807, 2.05) is 24.3 Å².